The van der Waals surface area contributed by atoms with Crippen LogP contribution in [0.15, 0.2) is 89.1 Å². The number of carbonyl (C=O) groups excluding carboxylic acids is 1. The number of carbonyl (C=O) groups is 1. The second kappa shape index (κ2) is 8.98. The number of urea groups is 1. The van der Waals surface area contributed by atoms with Crippen molar-refractivity contribution in [2.24, 2.45) is 0 Å². The van der Waals surface area contributed by atoms with E-state index in [1.807, 2.05) is 93.6 Å². The maximum Gasteiger partial charge on any atom is 0.322 e. The number of aromatic nitrogens is 2. The van der Waals surface area contributed by atoms with E-state index < -0.39 is 6.04 Å². The van der Waals surface area contributed by atoms with Crippen molar-refractivity contribution in [3.8, 4) is 11.4 Å². The number of rotatable bonds is 5. The minimum absolute atomic E-state index is 0.157. The Hall–Kier alpha value is -4.19. The molecule has 0 saturated heterocycles. The zero-order valence-electron chi connectivity index (χ0n) is 19.4. The van der Waals surface area contributed by atoms with Crippen molar-refractivity contribution in [1.29, 1.82) is 0 Å². The van der Waals surface area contributed by atoms with Gasteiger partial charge in [0.25, 0.3) is 5.89 Å². The lowest BCUT2D eigenvalue weighted by Crippen LogP contribution is -2.45. The Bertz CT molecular complexity index is 1370. The Morgan fingerprint density at radius 3 is 2.38 bits per heavy atom. The Balaban J connectivity index is 1.60. The van der Waals surface area contributed by atoms with E-state index in [2.05, 4.69) is 16.5 Å². The first kappa shape index (κ1) is 21.6. The maximum absolute atomic E-state index is 13.2. The van der Waals surface area contributed by atoms with Crippen LogP contribution in [0.2, 0.25) is 0 Å². The molecule has 1 aliphatic heterocycles. The summed E-state index contributed by atoms with van der Waals surface area (Å²) in [5.41, 5.74) is 6.76. The number of hydrogen-bond donors (Lipinski definition) is 1. The summed E-state index contributed by atoms with van der Waals surface area (Å²) in [6.45, 7) is 6.46. The zero-order valence-corrected chi connectivity index (χ0v) is 19.4. The monoisotopic (exact) mass is 450 g/mol. The fraction of sp³-hybridized carbons (Fsp3) is 0.179. The van der Waals surface area contributed by atoms with Gasteiger partial charge in [-0.3, -0.25) is 4.90 Å². The summed E-state index contributed by atoms with van der Waals surface area (Å²) in [5, 5.41) is 7.41. The van der Waals surface area contributed by atoms with Crippen molar-refractivity contribution in [3.63, 3.8) is 0 Å². The summed E-state index contributed by atoms with van der Waals surface area (Å²) < 4.78 is 5.78. The lowest BCUT2D eigenvalue weighted by Gasteiger charge is -2.35. The number of hydrogen-bond acceptors (Lipinski definition) is 4. The van der Waals surface area contributed by atoms with Crippen molar-refractivity contribution < 1.29 is 9.32 Å². The molecule has 0 radical (unpaired) electrons. The highest BCUT2D eigenvalue weighted by Crippen LogP contribution is 2.37. The standard InChI is InChI=1S/C28H26N4O2/c1-18-9-7-11-21(15-18)17-32-20(3)24(25(29-28(32)33)22-12-5-4-6-13-22)27-30-26(31-34-27)23-14-8-10-19(2)16-23/h4-16,25H,17H2,1-3H3,(H,29,33). The van der Waals surface area contributed by atoms with Crippen molar-refractivity contribution in [2.75, 3.05) is 0 Å². The number of aryl methyl sites for hydroxylation is 2. The first-order chi connectivity index (χ1) is 16.5. The first-order valence-electron chi connectivity index (χ1n) is 11.3. The summed E-state index contributed by atoms with van der Waals surface area (Å²) in [4.78, 5) is 19.7. The van der Waals surface area contributed by atoms with Crippen LogP contribution in [0.5, 0.6) is 0 Å². The van der Waals surface area contributed by atoms with E-state index in [1.165, 1.54) is 0 Å². The Labute approximate surface area is 198 Å². The minimum atomic E-state index is -0.395. The first-order valence-corrected chi connectivity index (χ1v) is 11.3. The number of allylic oxidation sites excluding steroid dienone is 1. The summed E-state index contributed by atoms with van der Waals surface area (Å²) in [5.74, 6) is 0.921. The van der Waals surface area contributed by atoms with Gasteiger partial charge in [0.15, 0.2) is 0 Å². The van der Waals surface area contributed by atoms with Crippen LogP contribution in [0.25, 0.3) is 17.0 Å². The fourth-order valence-electron chi connectivity index (χ4n) is 4.37. The Morgan fingerprint density at radius 2 is 1.65 bits per heavy atom. The predicted molar refractivity (Wildman–Crippen MR) is 132 cm³/mol. The molecule has 4 aromatic rings. The van der Waals surface area contributed by atoms with Crippen LogP contribution in [-0.2, 0) is 6.54 Å². The van der Waals surface area contributed by atoms with Crippen molar-refractivity contribution in [3.05, 3.63) is 113 Å². The second-order valence-electron chi connectivity index (χ2n) is 8.66. The van der Waals surface area contributed by atoms with Gasteiger partial charge >= 0.3 is 6.03 Å². The molecule has 34 heavy (non-hydrogen) atoms. The van der Waals surface area contributed by atoms with Crippen LogP contribution in [0.1, 0.15) is 41.1 Å². The molecule has 3 aromatic carbocycles. The van der Waals surface area contributed by atoms with Gasteiger partial charge in [-0.25, -0.2) is 4.79 Å². The molecule has 0 fully saturated rings. The lowest BCUT2D eigenvalue weighted by molar-refractivity contribution is 0.203. The van der Waals surface area contributed by atoms with Gasteiger partial charge in [-0.2, -0.15) is 4.98 Å². The predicted octanol–water partition coefficient (Wildman–Crippen LogP) is 6.05. The molecular weight excluding hydrogens is 424 g/mol. The van der Waals surface area contributed by atoms with Gasteiger partial charge in [0.05, 0.1) is 18.2 Å². The normalized spacial score (nSPS) is 16.0. The molecule has 2 heterocycles. The SMILES string of the molecule is CC1=C(c2nc(-c3cccc(C)c3)no2)C(c2ccccc2)NC(=O)N1Cc1cccc(C)c1. The molecule has 1 unspecified atom stereocenters. The zero-order chi connectivity index (χ0) is 23.7. The van der Waals surface area contributed by atoms with Crippen LogP contribution in [0.4, 0.5) is 4.79 Å². The summed E-state index contributed by atoms with van der Waals surface area (Å²) in [7, 11) is 0. The summed E-state index contributed by atoms with van der Waals surface area (Å²) in [6.07, 6.45) is 0. The summed E-state index contributed by atoms with van der Waals surface area (Å²) >= 11 is 0. The van der Waals surface area contributed by atoms with Crippen LogP contribution >= 0.6 is 0 Å². The number of nitrogens with one attached hydrogen (secondary N) is 1. The Kier molecular flexibility index (Phi) is 5.72. The quantitative estimate of drug-likeness (QED) is 0.402. The molecule has 170 valence electrons. The highest BCUT2D eigenvalue weighted by Gasteiger charge is 2.35. The van der Waals surface area contributed by atoms with Crippen LogP contribution in [0, 0.1) is 13.8 Å². The molecule has 6 nitrogen and oxygen atoms in total. The molecule has 5 rings (SSSR count). The van der Waals surface area contributed by atoms with Crippen molar-refractivity contribution in [1.82, 2.24) is 20.4 Å². The van der Waals surface area contributed by atoms with E-state index in [0.717, 1.165) is 39.1 Å². The average Bonchev–Trinajstić information content (AvgIpc) is 3.32. The van der Waals surface area contributed by atoms with Crippen LogP contribution < -0.4 is 5.32 Å². The van der Waals surface area contributed by atoms with Gasteiger partial charge in [-0.15, -0.1) is 0 Å². The van der Waals surface area contributed by atoms with Crippen LogP contribution in [-0.4, -0.2) is 21.1 Å². The summed E-state index contributed by atoms with van der Waals surface area (Å²) in [6, 6.07) is 25.5. The third-order valence-electron chi connectivity index (χ3n) is 6.09. The largest absolute Gasteiger partial charge is 0.334 e. The topological polar surface area (TPSA) is 71.3 Å². The van der Waals surface area contributed by atoms with E-state index in [4.69, 9.17) is 9.51 Å². The molecule has 0 saturated carbocycles. The molecule has 6 heteroatoms. The fourth-order valence-corrected chi connectivity index (χ4v) is 4.37. The average molecular weight is 451 g/mol. The molecule has 0 bridgehead atoms. The molecule has 1 N–H and O–H groups in total. The lowest BCUT2D eigenvalue weighted by atomic mass is 9.94. The van der Waals surface area contributed by atoms with Crippen molar-refractivity contribution in [2.45, 2.75) is 33.4 Å². The molecule has 1 atom stereocenters. The van der Waals surface area contributed by atoms with Crippen molar-refractivity contribution >= 4 is 11.6 Å². The third-order valence-corrected chi connectivity index (χ3v) is 6.09. The number of benzene rings is 3. The molecule has 0 aliphatic carbocycles. The van der Waals surface area contributed by atoms with E-state index in [0.29, 0.717) is 18.3 Å². The number of nitrogens with zero attached hydrogens (tertiary/aromatic N) is 3. The van der Waals surface area contributed by atoms with E-state index in [-0.39, 0.29) is 6.03 Å². The molecule has 2 amide bonds. The van der Waals surface area contributed by atoms with E-state index in [9.17, 15) is 4.79 Å². The maximum atomic E-state index is 13.2. The second-order valence-corrected chi connectivity index (χ2v) is 8.66. The molecule has 1 aromatic heterocycles. The molecule has 0 spiro atoms. The van der Waals surface area contributed by atoms with Gasteiger partial charge in [0, 0.05) is 11.3 Å². The van der Waals surface area contributed by atoms with Crippen LogP contribution in [0.3, 0.4) is 0 Å². The van der Waals surface area contributed by atoms with E-state index in [1.54, 1.807) is 4.90 Å². The third kappa shape index (κ3) is 4.22. The van der Waals surface area contributed by atoms with Gasteiger partial charge < -0.3 is 9.84 Å². The van der Waals surface area contributed by atoms with Gasteiger partial charge in [-0.05, 0) is 38.0 Å². The van der Waals surface area contributed by atoms with Gasteiger partial charge in [0.2, 0.25) is 5.82 Å². The minimum Gasteiger partial charge on any atom is -0.334 e. The highest BCUT2D eigenvalue weighted by atomic mass is 16.5. The van der Waals surface area contributed by atoms with E-state index >= 15 is 0 Å². The molecule has 1 aliphatic rings. The smallest absolute Gasteiger partial charge is 0.322 e. The number of amides is 2. The Morgan fingerprint density at radius 1 is 0.912 bits per heavy atom. The van der Waals surface area contributed by atoms with Gasteiger partial charge in [-0.1, -0.05) is 89.1 Å². The molecular formula is C28H26N4O2. The van der Waals surface area contributed by atoms with Gasteiger partial charge in [0.1, 0.15) is 0 Å². The highest BCUT2D eigenvalue weighted by molar-refractivity contribution is 5.86.